The summed E-state index contributed by atoms with van der Waals surface area (Å²) in [6.07, 6.45) is 3.57. The molecule has 0 aliphatic heterocycles. The Bertz CT molecular complexity index is 1060. The van der Waals surface area contributed by atoms with Crippen LogP contribution < -0.4 is 5.32 Å². The van der Waals surface area contributed by atoms with Crippen LogP contribution in [-0.4, -0.2) is 34.8 Å². The Morgan fingerprint density at radius 2 is 2.00 bits per heavy atom. The molecule has 3 aromatic rings. The van der Waals surface area contributed by atoms with E-state index in [1.165, 1.54) is 16.5 Å². The summed E-state index contributed by atoms with van der Waals surface area (Å²) in [5.41, 5.74) is 3.61. The van der Waals surface area contributed by atoms with E-state index in [1.807, 2.05) is 55.6 Å². The van der Waals surface area contributed by atoms with Gasteiger partial charge in [0, 0.05) is 23.1 Å². The van der Waals surface area contributed by atoms with Gasteiger partial charge in [-0.2, -0.15) is 5.10 Å². The molecule has 0 bridgehead atoms. The molecule has 6 nitrogen and oxygen atoms in total. The number of nitrogens with zero attached hydrogens (tertiary/aromatic N) is 2. The monoisotopic (exact) mass is 457 g/mol. The van der Waals surface area contributed by atoms with Crippen molar-refractivity contribution in [2.45, 2.75) is 26.8 Å². The number of halogens is 1. The first kappa shape index (κ1) is 22.8. The van der Waals surface area contributed by atoms with E-state index in [0.29, 0.717) is 29.5 Å². The number of hydrogen-bond acceptors (Lipinski definition) is 5. The minimum absolute atomic E-state index is 0.326. The number of ether oxygens (including phenoxy) is 1. The maximum absolute atomic E-state index is 12.0. The summed E-state index contributed by atoms with van der Waals surface area (Å²) in [6, 6.07) is 12.1. The Morgan fingerprint density at radius 1 is 1.23 bits per heavy atom. The number of benzene rings is 1. The predicted octanol–water partition coefficient (Wildman–Crippen LogP) is 4.18. The van der Waals surface area contributed by atoms with Gasteiger partial charge in [0.1, 0.15) is 5.15 Å². The Balaban J connectivity index is 1.48. The highest BCUT2D eigenvalue weighted by molar-refractivity contribution is 7.09. The lowest BCUT2D eigenvalue weighted by Gasteiger charge is -2.05. The number of rotatable bonds is 9. The number of esters is 1. The zero-order chi connectivity index (χ0) is 22.2. The quantitative estimate of drug-likeness (QED) is 0.386. The van der Waals surface area contributed by atoms with Crippen LogP contribution in [0.3, 0.4) is 0 Å². The number of hydrogen-bond donors (Lipinski definition) is 1. The van der Waals surface area contributed by atoms with Gasteiger partial charge < -0.3 is 10.1 Å². The van der Waals surface area contributed by atoms with Crippen molar-refractivity contribution in [2.75, 3.05) is 13.2 Å². The Morgan fingerprint density at radius 3 is 2.71 bits per heavy atom. The molecule has 0 spiro atoms. The number of carbonyl (C=O) groups is 2. The van der Waals surface area contributed by atoms with Crippen molar-refractivity contribution >= 4 is 40.9 Å². The third-order valence-corrected chi connectivity index (χ3v) is 5.90. The zero-order valence-electron chi connectivity index (χ0n) is 17.4. The van der Waals surface area contributed by atoms with Crippen LogP contribution in [0.15, 0.2) is 47.9 Å². The van der Waals surface area contributed by atoms with Crippen LogP contribution in [0.25, 0.3) is 6.08 Å². The van der Waals surface area contributed by atoms with E-state index in [-0.39, 0.29) is 12.5 Å². The van der Waals surface area contributed by atoms with Crippen LogP contribution in [-0.2, 0) is 27.3 Å². The molecule has 0 aliphatic carbocycles. The highest BCUT2D eigenvalue weighted by atomic mass is 35.5. The molecule has 2 aromatic heterocycles. The molecule has 31 heavy (non-hydrogen) atoms. The minimum Gasteiger partial charge on any atom is -0.452 e. The van der Waals surface area contributed by atoms with Crippen LogP contribution in [0.4, 0.5) is 0 Å². The molecular weight excluding hydrogens is 434 g/mol. The first-order chi connectivity index (χ1) is 14.9. The second kappa shape index (κ2) is 10.9. The predicted molar refractivity (Wildman–Crippen MR) is 123 cm³/mol. The Hall–Kier alpha value is -2.90. The van der Waals surface area contributed by atoms with Crippen molar-refractivity contribution in [3.8, 4) is 0 Å². The summed E-state index contributed by atoms with van der Waals surface area (Å²) >= 11 is 8.09. The van der Waals surface area contributed by atoms with Gasteiger partial charge in [0.15, 0.2) is 6.61 Å². The summed E-state index contributed by atoms with van der Waals surface area (Å²) in [7, 11) is 0. The second-order valence-electron chi connectivity index (χ2n) is 7.05. The zero-order valence-corrected chi connectivity index (χ0v) is 19.0. The molecule has 0 saturated heterocycles. The summed E-state index contributed by atoms with van der Waals surface area (Å²) < 4.78 is 6.69. The van der Waals surface area contributed by atoms with E-state index in [0.717, 1.165) is 12.0 Å². The summed E-state index contributed by atoms with van der Waals surface area (Å²) in [5.74, 6) is -0.950. The molecule has 0 aliphatic rings. The van der Waals surface area contributed by atoms with Crippen LogP contribution >= 0.6 is 22.9 Å². The first-order valence-corrected chi connectivity index (χ1v) is 11.1. The van der Waals surface area contributed by atoms with Crippen LogP contribution in [0.5, 0.6) is 0 Å². The summed E-state index contributed by atoms with van der Waals surface area (Å²) in [6.45, 7) is 4.56. The molecule has 0 fully saturated rings. The number of carbonyl (C=O) groups excluding carboxylic acids is 2. The van der Waals surface area contributed by atoms with E-state index < -0.39 is 5.97 Å². The molecule has 0 unspecified atom stereocenters. The standard InChI is InChI=1S/C23H24ClN3O3S/c1-16-5-7-18(8-6-16)14-27-23(24)20(17(2)26-27)9-10-22(29)30-15-21(28)25-12-11-19-4-3-13-31-19/h3-10,13H,11-12,14-15H2,1-2H3,(H,25,28)/b10-9+. The van der Waals surface area contributed by atoms with E-state index in [9.17, 15) is 9.59 Å². The molecule has 0 atom stereocenters. The molecular formula is C23H24ClN3O3S. The number of amides is 1. The van der Waals surface area contributed by atoms with Gasteiger partial charge in [-0.05, 0) is 43.4 Å². The van der Waals surface area contributed by atoms with Crippen molar-refractivity contribution in [2.24, 2.45) is 0 Å². The minimum atomic E-state index is -0.616. The number of aryl methyl sites for hydroxylation is 2. The molecule has 3 rings (SSSR count). The van der Waals surface area contributed by atoms with E-state index in [2.05, 4.69) is 10.4 Å². The third-order valence-electron chi connectivity index (χ3n) is 4.57. The van der Waals surface area contributed by atoms with Crippen molar-refractivity contribution < 1.29 is 14.3 Å². The van der Waals surface area contributed by atoms with Crippen molar-refractivity contribution in [1.29, 1.82) is 0 Å². The second-order valence-corrected chi connectivity index (χ2v) is 8.44. The van der Waals surface area contributed by atoms with Gasteiger partial charge in [0.2, 0.25) is 0 Å². The molecule has 1 amide bonds. The fraction of sp³-hybridized carbons (Fsp3) is 0.261. The van der Waals surface area contributed by atoms with E-state index in [1.54, 1.807) is 22.1 Å². The average Bonchev–Trinajstić information content (AvgIpc) is 3.35. The van der Waals surface area contributed by atoms with Gasteiger partial charge in [-0.25, -0.2) is 9.48 Å². The van der Waals surface area contributed by atoms with Crippen molar-refractivity contribution in [3.63, 3.8) is 0 Å². The third kappa shape index (κ3) is 6.80. The lowest BCUT2D eigenvalue weighted by molar-refractivity contribution is -0.143. The summed E-state index contributed by atoms with van der Waals surface area (Å²) in [4.78, 5) is 25.0. The van der Waals surface area contributed by atoms with Gasteiger partial charge in [-0.15, -0.1) is 11.3 Å². The molecule has 0 saturated carbocycles. The number of nitrogens with one attached hydrogen (secondary N) is 1. The van der Waals surface area contributed by atoms with Crippen LogP contribution in [0.1, 0.15) is 27.3 Å². The van der Waals surface area contributed by atoms with Gasteiger partial charge >= 0.3 is 5.97 Å². The fourth-order valence-corrected chi connectivity index (χ4v) is 3.90. The smallest absolute Gasteiger partial charge is 0.331 e. The molecule has 0 radical (unpaired) electrons. The normalized spacial score (nSPS) is 11.1. The van der Waals surface area contributed by atoms with Gasteiger partial charge in [0.05, 0.1) is 12.2 Å². The average molecular weight is 458 g/mol. The molecule has 8 heteroatoms. The summed E-state index contributed by atoms with van der Waals surface area (Å²) in [5, 5.41) is 9.61. The number of thiophene rings is 1. The highest BCUT2D eigenvalue weighted by Crippen LogP contribution is 2.22. The van der Waals surface area contributed by atoms with Crippen molar-refractivity contribution in [1.82, 2.24) is 15.1 Å². The SMILES string of the molecule is Cc1ccc(Cn2nc(C)c(/C=C/C(=O)OCC(=O)NCCc3cccs3)c2Cl)cc1. The topological polar surface area (TPSA) is 73.2 Å². The first-order valence-electron chi connectivity index (χ1n) is 9.84. The van der Waals surface area contributed by atoms with Crippen LogP contribution in [0.2, 0.25) is 5.15 Å². The van der Waals surface area contributed by atoms with Gasteiger partial charge in [-0.3, -0.25) is 4.79 Å². The molecule has 162 valence electrons. The van der Waals surface area contributed by atoms with E-state index in [4.69, 9.17) is 16.3 Å². The molecule has 1 aromatic carbocycles. The Labute approximate surface area is 190 Å². The highest BCUT2D eigenvalue weighted by Gasteiger charge is 2.12. The van der Waals surface area contributed by atoms with Gasteiger partial charge in [0.25, 0.3) is 5.91 Å². The maximum Gasteiger partial charge on any atom is 0.331 e. The number of aromatic nitrogens is 2. The van der Waals surface area contributed by atoms with E-state index >= 15 is 0 Å². The fourth-order valence-electron chi connectivity index (χ4n) is 2.89. The van der Waals surface area contributed by atoms with Crippen molar-refractivity contribution in [3.05, 3.63) is 80.3 Å². The lowest BCUT2D eigenvalue weighted by atomic mass is 10.1. The Kier molecular flexibility index (Phi) is 8.03. The van der Waals surface area contributed by atoms with Gasteiger partial charge in [-0.1, -0.05) is 47.5 Å². The maximum atomic E-state index is 12.0. The van der Waals surface area contributed by atoms with Crippen LogP contribution in [0, 0.1) is 13.8 Å². The molecule has 1 N–H and O–H groups in total. The molecule has 2 heterocycles. The largest absolute Gasteiger partial charge is 0.452 e. The lowest BCUT2D eigenvalue weighted by Crippen LogP contribution is -2.30.